The van der Waals surface area contributed by atoms with E-state index in [9.17, 15) is 0 Å². The molecule has 0 spiro atoms. The van der Waals surface area contributed by atoms with Crippen LogP contribution in [-0.4, -0.2) is 3.21 Å². The van der Waals surface area contributed by atoms with E-state index in [1.165, 1.54) is 77.5 Å². The molecule has 0 N–H and O–H groups in total. The predicted octanol–water partition coefficient (Wildman–Crippen LogP) is 11.2. The average molecular weight is 693 g/mol. The Labute approximate surface area is 285 Å². The second kappa shape index (κ2) is 15.8. The van der Waals surface area contributed by atoms with E-state index in [1.54, 1.807) is 11.3 Å². The molecule has 3 aromatic carbocycles. The molecule has 1 aromatic heterocycles. The first-order valence-corrected chi connectivity index (χ1v) is 16.2. The Bertz CT molecular complexity index is 1450. The van der Waals surface area contributed by atoms with Crippen LogP contribution in [0.5, 0.6) is 0 Å². The van der Waals surface area contributed by atoms with Crippen LogP contribution >= 0.6 is 36.2 Å². The van der Waals surface area contributed by atoms with Crippen LogP contribution in [0.15, 0.2) is 89.6 Å². The molecule has 42 heavy (non-hydrogen) atoms. The summed E-state index contributed by atoms with van der Waals surface area (Å²) in [5.41, 5.74) is 12.7. The summed E-state index contributed by atoms with van der Waals surface area (Å²) < 4.78 is 1.46. The van der Waals surface area contributed by atoms with Crippen molar-refractivity contribution < 1.29 is 24.2 Å². The second-order valence-corrected chi connectivity index (χ2v) is 15.2. The topological polar surface area (TPSA) is 0 Å². The number of benzene rings is 3. The van der Waals surface area contributed by atoms with Gasteiger partial charge >= 0.3 is 70.3 Å². The van der Waals surface area contributed by atoms with Gasteiger partial charge in [0.05, 0.1) is 0 Å². The Balaban J connectivity index is 0.000000245. The zero-order valence-corrected chi connectivity index (χ0v) is 30.7. The summed E-state index contributed by atoms with van der Waals surface area (Å²) in [6.07, 6.45) is 9.53. The van der Waals surface area contributed by atoms with Crippen LogP contribution in [0.1, 0.15) is 88.3 Å². The summed E-state index contributed by atoms with van der Waals surface area (Å²) in [5, 5.41) is 4.24. The van der Waals surface area contributed by atoms with E-state index in [0.717, 1.165) is 12.8 Å². The number of thiophene rings is 1. The zero-order chi connectivity index (χ0) is 28.9. The fourth-order valence-corrected chi connectivity index (χ4v) is 5.76. The van der Waals surface area contributed by atoms with Crippen molar-refractivity contribution in [1.29, 1.82) is 0 Å². The summed E-state index contributed by atoms with van der Waals surface area (Å²) in [7, 11) is 0. The van der Waals surface area contributed by atoms with E-state index in [1.807, 2.05) is 6.07 Å². The Hall–Kier alpha value is -1.83. The molecule has 0 radical (unpaired) electrons. The van der Waals surface area contributed by atoms with Crippen molar-refractivity contribution in [3.05, 3.63) is 135 Å². The summed E-state index contributed by atoms with van der Waals surface area (Å²) in [6.45, 7) is 15.8. The van der Waals surface area contributed by atoms with E-state index in [2.05, 4.69) is 144 Å². The molecule has 0 fully saturated rings. The van der Waals surface area contributed by atoms with E-state index < -0.39 is 0 Å². The molecule has 4 aromatic rings. The van der Waals surface area contributed by atoms with Gasteiger partial charge in [-0.25, -0.2) is 0 Å². The minimum absolute atomic E-state index is 0. The fraction of sp³-hybridized carbons (Fsp3) is 0.289. The molecule has 6 rings (SSSR count). The maximum absolute atomic E-state index is 3.53. The third-order valence-corrected chi connectivity index (χ3v) is 8.65. The number of allylic oxidation sites excluding steroid dienone is 4. The average Bonchev–Trinajstić information content (AvgIpc) is 3.69. The first-order valence-electron chi connectivity index (χ1n) is 14.0. The van der Waals surface area contributed by atoms with Gasteiger partial charge in [0.1, 0.15) is 0 Å². The van der Waals surface area contributed by atoms with Gasteiger partial charge in [0.25, 0.3) is 0 Å². The van der Waals surface area contributed by atoms with Crippen molar-refractivity contribution in [3.8, 4) is 11.1 Å². The standard InChI is InChI=1S/C21H25.C9H7S.C8H8.2ClH.Zr/c1-20(2,3)16-9-7-14-11-15-8-10-17(21(4,5)6)13-19(15)18(14)12-16;1-2-4-8(3-1)9-5-6-10-7-9;1-2-8-6-4-3-5-7-8;;;/h7,9-10,12-13H,11H2,1-6H3;1,3,5-7H,2H2;3-7H,1H3;2*1H;/q2*-1;;;;+2. The van der Waals surface area contributed by atoms with E-state index in [0.29, 0.717) is 0 Å². The van der Waals surface area contributed by atoms with Crippen molar-refractivity contribution in [2.45, 2.75) is 72.1 Å². The van der Waals surface area contributed by atoms with Crippen LogP contribution in [0.25, 0.3) is 16.7 Å². The van der Waals surface area contributed by atoms with Gasteiger partial charge < -0.3 is 0 Å². The van der Waals surface area contributed by atoms with Gasteiger partial charge in [0, 0.05) is 0 Å². The van der Waals surface area contributed by atoms with Crippen molar-refractivity contribution in [2.24, 2.45) is 0 Å². The van der Waals surface area contributed by atoms with Gasteiger partial charge in [-0.15, -0.1) is 42.0 Å². The van der Waals surface area contributed by atoms with E-state index in [-0.39, 0.29) is 35.6 Å². The molecular weight excluding hydrogens is 651 g/mol. The normalized spacial score (nSPS) is 12.7. The minimum Gasteiger partial charge on any atom is -0.197 e. The fourth-order valence-electron chi connectivity index (χ4n) is 4.69. The quantitative estimate of drug-likeness (QED) is 0.162. The van der Waals surface area contributed by atoms with Crippen LogP contribution in [-0.2, 0) is 41.5 Å². The molecule has 4 heteroatoms. The number of halogens is 2. The second-order valence-electron chi connectivity index (χ2n) is 12.5. The first kappa shape index (κ1) is 36.4. The molecule has 0 unspecified atom stereocenters. The number of hydrogen-bond acceptors (Lipinski definition) is 1. The summed E-state index contributed by atoms with van der Waals surface area (Å²) in [4.78, 5) is 0. The SMILES string of the molecule is CC(C)(C)c1c[c-]c2c(c1)-c1cc(C(C)(C)C)ccc1C2.C[C](=[Zr+2])c1ccccc1.Cl.Cl.[C-]1=C(c2ccsc2)C=CC1. The third kappa shape index (κ3) is 9.59. The summed E-state index contributed by atoms with van der Waals surface area (Å²) in [5.74, 6) is 0. The smallest absolute Gasteiger partial charge is 0.0219 e. The van der Waals surface area contributed by atoms with Crippen LogP contribution in [0.4, 0.5) is 0 Å². The van der Waals surface area contributed by atoms with Crippen molar-refractivity contribution in [1.82, 2.24) is 0 Å². The number of rotatable bonds is 2. The minimum atomic E-state index is 0. The largest absolute Gasteiger partial charge is 0.197 e. The number of hydrogen-bond donors (Lipinski definition) is 0. The van der Waals surface area contributed by atoms with Gasteiger partial charge in [-0.2, -0.15) is 58.4 Å². The molecule has 218 valence electrons. The molecule has 2 aliphatic carbocycles. The summed E-state index contributed by atoms with van der Waals surface area (Å²) in [6, 6.07) is 27.7. The molecule has 0 nitrogen and oxygen atoms in total. The maximum atomic E-state index is 3.53. The molecule has 0 atom stereocenters. The predicted molar refractivity (Wildman–Crippen MR) is 186 cm³/mol. The van der Waals surface area contributed by atoms with Crippen molar-refractivity contribution in [2.75, 3.05) is 0 Å². The van der Waals surface area contributed by atoms with E-state index in [4.69, 9.17) is 0 Å². The molecule has 1 heterocycles. The third-order valence-electron chi connectivity index (χ3n) is 7.26. The maximum Gasteiger partial charge on any atom is -0.0219 e. The molecular formula is C38H42Cl2SZr. The first-order chi connectivity index (χ1) is 18.9. The van der Waals surface area contributed by atoms with Gasteiger partial charge in [-0.05, 0) is 22.8 Å². The van der Waals surface area contributed by atoms with Crippen LogP contribution in [0.2, 0.25) is 0 Å². The van der Waals surface area contributed by atoms with Gasteiger partial charge in [0.2, 0.25) is 0 Å². The zero-order valence-electron chi connectivity index (χ0n) is 25.8. The molecule has 0 aliphatic heterocycles. The molecule has 2 aliphatic rings. The Morgan fingerprint density at radius 1 is 0.833 bits per heavy atom. The van der Waals surface area contributed by atoms with Crippen LogP contribution in [0.3, 0.4) is 0 Å². The van der Waals surface area contributed by atoms with Crippen molar-refractivity contribution >= 4 is 44.9 Å². The number of fused-ring (bicyclic) bond motifs is 3. The molecule has 0 saturated heterocycles. The van der Waals surface area contributed by atoms with Crippen molar-refractivity contribution in [3.63, 3.8) is 0 Å². The van der Waals surface area contributed by atoms with Gasteiger partial charge in [0.15, 0.2) is 0 Å². The molecule has 0 saturated carbocycles. The Morgan fingerprint density at radius 3 is 2.02 bits per heavy atom. The molecule has 0 amide bonds. The monoisotopic (exact) mass is 690 g/mol. The van der Waals surface area contributed by atoms with Crippen LogP contribution in [0, 0.1) is 12.1 Å². The Kier molecular flexibility index (Phi) is 13.7. The van der Waals surface area contributed by atoms with Crippen LogP contribution < -0.4 is 0 Å². The Morgan fingerprint density at radius 2 is 1.50 bits per heavy atom. The van der Waals surface area contributed by atoms with Gasteiger partial charge in [-0.1, -0.05) is 94.2 Å². The van der Waals surface area contributed by atoms with Gasteiger partial charge in [-0.3, -0.25) is 0 Å². The van der Waals surface area contributed by atoms with E-state index >= 15 is 0 Å². The molecule has 0 bridgehead atoms. The summed E-state index contributed by atoms with van der Waals surface area (Å²) >= 11 is 3.24.